The second-order valence-electron chi connectivity index (χ2n) is 7.20. The zero-order chi connectivity index (χ0) is 20.9. The monoisotopic (exact) mass is 406 g/mol. The predicted octanol–water partition coefficient (Wildman–Crippen LogP) is 3.32. The van der Waals surface area contributed by atoms with Gasteiger partial charge in [-0.2, -0.15) is 0 Å². The topological polar surface area (TPSA) is 58.6 Å². The Morgan fingerprint density at radius 3 is 2.37 bits per heavy atom. The summed E-state index contributed by atoms with van der Waals surface area (Å²) < 4.78 is 18.4. The Labute approximate surface area is 174 Å². The van der Waals surface area contributed by atoms with Crippen molar-refractivity contribution in [1.82, 2.24) is 15.1 Å². The molecule has 0 aliphatic carbocycles. The summed E-state index contributed by atoms with van der Waals surface area (Å²) in [7, 11) is 0. The van der Waals surface area contributed by atoms with Crippen molar-refractivity contribution in [2.45, 2.75) is 6.92 Å². The van der Waals surface area contributed by atoms with Crippen LogP contribution in [-0.4, -0.2) is 53.8 Å². The standard InChI is InChI=1S/C23H23FN4O2/c1-17-4-2-3-5-20(17)21-10-11-22(26-25-21)27-12-14-28(15-13-27)23(29)16-30-19-8-6-18(24)7-9-19/h2-11H,12-16H2,1H3. The summed E-state index contributed by atoms with van der Waals surface area (Å²) in [6, 6.07) is 17.7. The van der Waals surface area contributed by atoms with Gasteiger partial charge in [-0.3, -0.25) is 4.79 Å². The molecule has 0 bridgehead atoms. The number of piperazine rings is 1. The normalized spacial score (nSPS) is 13.9. The molecule has 30 heavy (non-hydrogen) atoms. The number of rotatable bonds is 5. The molecule has 4 rings (SSSR count). The Morgan fingerprint density at radius 1 is 0.967 bits per heavy atom. The second-order valence-corrected chi connectivity index (χ2v) is 7.20. The number of halogens is 1. The van der Waals surface area contributed by atoms with Crippen LogP contribution in [0.2, 0.25) is 0 Å². The van der Waals surface area contributed by atoms with Crippen LogP contribution in [-0.2, 0) is 4.79 Å². The number of amides is 1. The molecule has 1 saturated heterocycles. The molecule has 1 fully saturated rings. The van der Waals surface area contributed by atoms with E-state index in [1.54, 1.807) is 4.90 Å². The molecule has 2 aromatic carbocycles. The first-order valence-corrected chi connectivity index (χ1v) is 9.91. The highest BCUT2D eigenvalue weighted by molar-refractivity contribution is 5.78. The number of benzene rings is 2. The number of aromatic nitrogens is 2. The molecule has 0 N–H and O–H groups in total. The predicted molar refractivity (Wildman–Crippen MR) is 113 cm³/mol. The molecular weight excluding hydrogens is 383 g/mol. The molecule has 1 aliphatic rings. The summed E-state index contributed by atoms with van der Waals surface area (Å²) in [5, 5.41) is 8.78. The fraction of sp³-hybridized carbons (Fsp3) is 0.261. The number of hydrogen-bond acceptors (Lipinski definition) is 5. The van der Waals surface area contributed by atoms with Crippen LogP contribution in [0.4, 0.5) is 10.2 Å². The maximum absolute atomic E-state index is 12.9. The largest absolute Gasteiger partial charge is 0.484 e. The van der Waals surface area contributed by atoms with Crippen LogP contribution < -0.4 is 9.64 Å². The first-order chi connectivity index (χ1) is 14.6. The van der Waals surface area contributed by atoms with Crippen molar-refractivity contribution in [1.29, 1.82) is 0 Å². The van der Waals surface area contributed by atoms with Gasteiger partial charge in [-0.05, 0) is 48.9 Å². The quantitative estimate of drug-likeness (QED) is 0.651. The molecular formula is C23H23FN4O2. The van der Waals surface area contributed by atoms with Crippen LogP contribution in [0.1, 0.15) is 5.56 Å². The second kappa shape index (κ2) is 8.90. The SMILES string of the molecule is Cc1ccccc1-c1ccc(N2CCN(C(=O)COc3ccc(F)cc3)CC2)nn1. The number of carbonyl (C=O) groups is 1. The van der Waals surface area contributed by atoms with Crippen LogP contribution in [0.15, 0.2) is 60.7 Å². The number of hydrogen-bond donors (Lipinski definition) is 0. The van der Waals surface area contributed by atoms with Gasteiger partial charge in [-0.15, -0.1) is 10.2 Å². The number of anilines is 1. The molecule has 7 heteroatoms. The minimum absolute atomic E-state index is 0.0590. The van der Waals surface area contributed by atoms with Crippen molar-refractivity contribution in [3.8, 4) is 17.0 Å². The zero-order valence-electron chi connectivity index (χ0n) is 16.8. The minimum atomic E-state index is -0.333. The lowest BCUT2D eigenvalue weighted by Gasteiger charge is -2.35. The van der Waals surface area contributed by atoms with E-state index in [1.165, 1.54) is 24.3 Å². The fourth-order valence-electron chi connectivity index (χ4n) is 3.45. The van der Waals surface area contributed by atoms with Gasteiger partial charge in [0, 0.05) is 31.7 Å². The first-order valence-electron chi connectivity index (χ1n) is 9.91. The van der Waals surface area contributed by atoms with Gasteiger partial charge in [0.1, 0.15) is 11.6 Å². The molecule has 1 aromatic heterocycles. The van der Waals surface area contributed by atoms with Crippen molar-refractivity contribution in [2.75, 3.05) is 37.7 Å². The Balaban J connectivity index is 1.30. The van der Waals surface area contributed by atoms with Gasteiger partial charge in [-0.1, -0.05) is 24.3 Å². The molecule has 1 aliphatic heterocycles. The van der Waals surface area contributed by atoms with Crippen molar-refractivity contribution >= 4 is 11.7 Å². The third-order valence-electron chi connectivity index (χ3n) is 5.20. The van der Waals surface area contributed by atoms with Crippen molar-refractivity contribution in [3.63, 3.8) is 0 Å². The van der Waals surface area contributed by atoms with Crippen LogP contribution >= 0.6 is 0 Å². The van der Waals surface area contributed by atoms with E-state index in [0.29, 0.717) is 31.9 Å². The lowest BCUT2D eigenvalue weighted by atomic mass is 10.1. The smallest absolute Gasteiger partial charge is 0.260 e. The van der Waals surface area contributed by atoms with Gasteiger partial charge in [0.15, 0.2) is 12.4 Å². The Hall–Kier alpha value is -3.48. The number of carbonyl (C=O) groups excluding carboxylic acids is 1. The van der Waals surface area contributed by atoms with E-state index in [4.69, 9.17) is 4.74 Å². The van der Waals surface area contributed by atoms with E-state index >= 15 is 0 Å². The van der Waals surface area contributed by atoms with Gasteiger partial charge >= 0.3 is 0 Å². The third kappa shape index (κ3) is 4.56. The Kier molecular flexibility index (Phi) is 5.88. The fourth-order valence-corrected chi connectivity index (χ4v) is 3.45. The lowest BCUT2D eigenvalue weighted by Crippen LogP contribution is -2.50. The molecule has 154 valence electrons. The van der Waals surface area contributed by atoms with Gasteiger partial charge in [0.2, 0.25) is 0 Å². The number of nitrogens with zero attached hydrogens (tertiary/aromatic N) is 4. The number of ether oxygens (including phenoxy) is 1. The van der Waals surface area contributed by atoms with Crippen LogP contribution in [0.3, 0.4) is 0 Å². The molecule has 0 saturated carbocycles. The maximum Gasteiger partial charge on any atom is 0.260 e. The highest BCUT2D eigenvalue weighted by Gasteiger charge is 2.22. The van der Waals surface area contributed by atoms with Gasteiger partial charge in [0.05, 0.1) is 5.69 Å². The summed E-state index contributed by atoms with van der Waals surface area (Å²) in [6.07, 6.45) is 0. The zero-order valence-corrected chi connectivity index (χ0v) is 16.8. The van der Waals surface area contributed by atoms with E-state index in [9.17, 15) is 9.18 Å². The molecule has 1 amide bonds. The number of aryl methyl sites for hydroxylation is 1. The lowest BCUT2D eigenvalue weighted by molar-refractivity contribution is -0.133. The molecule has 0 unspecified atom stereocenters. The van der Waals surface area contributed by atoms with Gasteiger partial charge in [0.25, 0.3) is 5.91 Å². The van der Waals surface area contributed by atoms with Gasteiger partial charge in [-0.25, -0.2) is 4.39 Å². The third-order valence-corrected chi connectivity index (χ3v) is 5.20. The highest BCUT2D eigenvalue weighted by Crippen LogP contribution is 2.22. The van der Waals surface area contributed by atoms with Crippen LogP contribution in [0.25, 0.3) is 11.3 Å². The van der Waals surface area contributed by atoms with Crippen LogP contribution in [0, 0.1) is 12.7 Å². The van der Waals surface area contributed by atoms with Crippen molar-refractivity contribution in [3.05, 3.63) is 72.0 Å². The summed E-state index contributed by atoms with van der Waals surface area (Å²) in [6.45, 7) is 4.54. The van der Waals surface area contributed by atoms with Gasteiger partial charge < -0.3 is 14.5 Å². The minimum Gasteiger partial charge on any atom is -0.484 e. The summed E-state index contributed by atoms with van der Waals surface area (Å²) in [4.78, 5) is 16.3. The molecule has 6 nitrogen and oxygen atoms in total. The highest BCUT2D eigenvalue weighted by atomic mass is 19.1. The summed E-state index contributed by atoms with van der Waals surface area (Å²) in [5.41, 5.74) is 3.09. The molecule has 0 spiro atoms. The maximum atomic E-state index is 12.9. The van der Waals surface area contributed by atoms with Crippen molar-refractivity contribution < 1.29 is 13.9 Å². The van der Waals surface area contributed by atoms with E-state index < -0.39 is 0 Å². The Bertz CT molecular complexity index is 1000. The Morgan fingerprint density at radius 2 is 1.70 bits per heavy atom. The van der Waals surface area contributed by atoms with Crippen molar-refractivity contribution in [2.24, 2.45) is 0 Å². The van der Waals surface area contributed by atoms with E-state index in [-0.39, 0.29) is 18.3 Å². The summed E-state index contributed by atoms with van der Waals surface area (Å²) >= 11 is 0. The first kappa shape index (κ1) is 19.8. The average Bonchev–Trinajstić information content (AvgIpc) is 2.79. The van der Waals surface area contributed by atoms with E-state index in [0.717, 1.165) is 22.6 Å². The van der Waals surface area contributed by atoms with Crippen LogP contribution in [0.5, 0.6) is 5.75 Å². The molecule has 3 aromatic rings. The molecule has 0 radical (unpaired) electrons. The van der Waals surface area contributed by atoms with E-state index in [1.807, 2.05) is 30.3 Å². The van der Waals surface area contributed by atoms with E-state index in [2.05, 4.69) is 28.1 Å². The summed E-state index contributed by atoms with van der Waals surface area (Å²) in [5.74, 6) is 0.870. The molecule has 2 heterocycles. The molecule has 0 atom stereocenters. The average molecular weight is 406 g/mol.